The second kappa shape index (κ2) is 43.5. The number of allylic oxidation sites excluding steroid dienone is 5. The van der Waals surface area contributed by atoms with Crippen LogP contribution in [0.1, 0.15) is 133 Å². The lowest BCUT2D eigenvalue weighted by molar-refractivity contribution is -0.146. The number of aliphatic carboxylic acids is 1. The van der Waals surface area contributed by atoms with Gasteiger partial charge in [-0.3, -0.25) is 43.4 Å². The summed E-state index contributed by atoms with van der Waals surface area (Å²) in [7, 11) is 11.3. The molecule has 26 nitrogen and oxygen atoms in total. The summed E-state index contributed by atoms with van der Waals surface area (Å²) >= 11 is 1.80. The Bertz CT molecular complexity index is 6720. The fourth-order valence-electron chi connectivity index (χ4n) is 20.2. The number of aliphatic imine (C=N–C) groups is 1. The Balaban J connectivity index is 0.000000117. The normalized spacial score (nSPS) is 18.2. The summed E-state index contributed by atoms with van der Waals surface area (Å²) in [5.41, 5.74) is 22.6. The number of anilines is 3. The number of nitrogens with zero attached hydrogens (tertiary/aromatic N) is 13. The first-order valence-corrected chi connectivity index (χ1v) is 48.9. The number of likely N-dealkylation sites (N-methyl/N-ethyl adjacent to an activating group) is 1. The van der Waals surface area contributed by atoms with Crippen molar-refractivity contribution in [3.8, 4) is 62.6 Å². The van der Waals surface area contributed by atoms with E-state index in [0.29, 0.717) is 42.3 Å². The third-order valence-electron chi connectivity index (χ3n) is 27.4. The van der Waals surface area contributed by atoms with E-state index in [9.17, 15) is 39.3 Å². The number of ketones is 3. The van der Waals surface area contributed by atoms with Crippen molar-refractivity contribution in [3.63, 3.8) is 0 Å². The molecule has 140 heavy (non-hydrogen) atoms. The van der Waals surface area contributed by atoms with Gasteiger partial charge in [0.25, 0.3) is 5.91 Å². The van der Waals surface area contributed by atoms with E-state index in [2.05, 4.69) is 120 Å². The van der Waals surface area contributed by atoms with Crippen molar-refractivity contribution < 1.29 is 58.2 Å². The van der Waals surface area contributed by atoms with Crippen LogP contribution in [-0.2, 0) is 41.7 Å². The van der Waals surface area contributed by atoms with Gasteiger partial charge in [0.2, 0.25) is 6.79 Å². The van der Waals surface area contributed by atoms with E-state index in [1.54, 1.807) is 44.3 Å². The quantitative estimate of drug-likeness (QED) is 0.0459. The number of Topliss-reactive ketones (excluding diaryl/α,β-unsaturated/α-hetero) is 3. The number of carbonyl (C=O) groups is 5. The van der Waals surface area contributed by atoms with Crippen molar-refractivity contribution in [1.29, 1.82) is 0 Å². The van der Waals surface area contributed by atoms with E-state index in [0.717, 1.165) is 209 Å². The standard InChI is InChI=1S/C24H21N3O.C20H18N4O2.C19H24N4OS.C19H21NO3.C17H21NO3.C14H15NO2/c28-24-20-11-5-4-10-19(20)23(22(24)18-8-2-1-3-9-18)27-16-14-26(15-17-27)21-12-6-7-13-25-21;1-13-5-4-7-18-23-19(15-6-2-3-10-21-15)20(24(13)18)22-14-8-9-16-17(11-14)26-12-25-16;1-3-8-22-9-11-23(12-10-22)19(24)17-15-13-25-16-7-5-4-6-14(16)18(15)21(2)20-17;1-20-8-7-12-10-15(23-3)19(21)18-16(12)13(20)9-11-5-4-6-14(22-2)17(11)18;1-18(2)13-9-7-12(8-10-13)11-16(19)14-5-3-4-6-15(14)17(20)21;1-9-4-5-10(2)15(9)12-6-7-14(17)13(8-12)11(3)16/h1-13H,14-17H2;2-11,13,20,22H,12H2,1H3;4-7H,3,8-13H2,1-2H3;4-6,10,13,21H,7-9H2,1-3H3;3-4,7-10,14-15H,5-6,11H2,1-2H3,(H,20,21);4-8,17H,1-3H3. The van der Waals surface area contributed by atoms with E-state index in [1.165, 1.54) is 40.5 Å². The predicted molar refractivity (Wildman–Crippen MR) is 551 cm³/mol. The number of carbonyl (C=O) groups excluding carboxylic acids is 4. The smallest absolute Gasteiger partial charge is 0.307 e. The van der Waals surface area contributed by atoms with Crippen LogP contribution in [0, 0.1) is 25.7 Å². The molecule has 4 aromatic heterocycles. The number of carboxylic acids is 1. The number of methoxy groups -OCH3 is 2. The number of piperazine rings is 2. The Hall–Kier alpha value is -14.8. The van der Waals surface area contributed by atoms with Crippen LogP contribution < -0.4 is 34.1 Å². The van der Waals surface area contributed by atoms with Gasteiger partial charge in [-0.25, -0.2) is 9.98 Å². The monoisotopic (exact) mass is 1900 g/mol. The van der Waals surface area contributed by atoms with Crippen LogP contribution in [-0.4, -0.2) is 219 Å². The van der Waals surface area contributed by atoms with Gasteiger partial charge in [0.1, 0.15) is 40.8 Å². The molecule has 5 unspecified atom stereocenters. The predicted octanol–water partition coefficient (Wildman–Crippen LogP) is 18.7. The highest BCUT2D eigenvalue weighted by atomic mass is 32.2. The Morgan fingerprint density at radius 3 is 2.04 bits per heavy atom. The zero-order valence-electron chi connectivity index (χ0n) is 81.1. The van der Waals surface area contributed by atoms with Crippen molar-refractivity contribution in [3.05, 3.63) is 334 Å². The number of thioether (sulfide) groups is 1. The van der Waals surface area contributed by atoms with E-state index in [1.807, 2.05) is 236 Å². The largest absolute Gasteiger partial charge is 0.507 e. The van der Waals surface area contributed by atoms with Gasteiger partial charge in [0.05, 0.1) is 48.4 Å². The second-order valence-electron chi connectivity index (χ2n) is 36.5. The number of nitrogens with one attached hydrogen (secondary N) is 1. The Morgan fingerprint density at radius 1 is 0.664 bits per heavy atom. The summed E-state index contributed by atoms with van der Waals surface area (Å²) in [5, 5.41) is 37.9. The molecule has 4 N–H and O–H groups in total. The number of benzene rings is 8. The molecule has 8 aromatic carbocycles. The topological polar surface area (TPSA) is 279 Å². The third kappa shape index (κ3) is 20.7. The van der Waals surface area contributed by atoms with Crippen molar-refractivity contribution in [2.45, 2.75) is 102 Å². The van der Waals surface area contributed by atoms with E-state index < -0.39 is 17.8 Å². The molecule has 0 radical (unpaired) electrons. The van der Waals surface area contributed by atoms with Gasteiger partial charge < -0.3 is 68.7 Å². The molecule has 5 atom stereocenters. The summed E-state index contributed by atoms with van der Waals surface area (Å²) in [5.74, 6) is 4.15. The molecular weight excluding hydrogens is 1780 g/mol. The van der Waals surface area contributed by atoms with Gasteiger partial charge in [0.15, 0.2) is 40.3 Å². The highest BCUT2D eigenvalue weighted by Crippen LogP contribution is 2.55. The Kier molecular flexibility index (Phi) is 30.1. The maximum Gasteiger partial charge on any atom is 0.307 e. The first kappa shape index (κ1) is 96.9. The number of aryl methyl sites for hydroxylation is 3. The highest BCUT2D eigenvalue weighted by Gasteiger charge is 2.42. The maximum atomic E-state index is 13.2. The zero-order valence-corrected chi connectivity index (χ0v) is 81.9. The fourth-order valence-corrected chi connectivity index (χ4v) is 21.2. The molecule has 22 rings (SSSR count). The molecule has 2 saturated heterocycles. The zero-order chi connectivity index (χ0) is 97.9. The number of pyridine rings is 2. The number of ether oxygens (including phenoxy) is 4. The average Bonchev–Trinajstić information content (AvgIpc) is 1.04. The van der Waals surface area contributed by atoms with Crippen LogP contribution in [0.25, 0.3) is 39.3 Å². The lowest BCUT2D eigenvalue weighted by atomic mass is 9.76. The average molecular weight is 1900 g/mol. The molecule has 0 spiro atoms. The van der Waals surface area contributed by atoms with Crippen LogP contribution in [0.5, 0.6) is 34.5 Å². The van der Waals surface area contributed by atoms with Crippen molar-refractivity contribution in [1.82, 2.24) is 48.8 Å². The molecule has 11 heterocycles. The minimum Gasteiger partial charge on any atom is -0.507 e. The van der Waals surface area contributed by atoms with Crippen LogP contribution in [0.2, 0.25) is 0 Å². The molecule has 27 heteroatoms. The molecule has 0 bridgehead atoms. The number of rotatable bonds is 18. The maximum absolute atomic E-state index is 13.2. The molecule has 7 aliphatic heterocycles. The first-order chi connectivity index (χ1) is 67.9. The van der Waals surface area contributed by atoms with Crippen LogP contribution in [0.3, 0.4) is 0 Å². The molecular formula is C113H120N14O12S. The number of carboxylic acid groups (broad SMARTS) is 1. The molecule has 720 valence electrons. The summed E-state index contributed by atoms with van der Waals surface area (Å²) in [4.78, 5) is 92.2. The molecule has 2 fully saturated rings. The summed E-state index contributed by atoms with van der Waals surface area (Å²) < 4.78 is 25.8. The lowest BCUT2D eigenvalue weighted by Gasteiger charge is -2.40. The van der Waals surface area contributed by atoms with Crippen molar-refractivity contribution in [2.75, 3.05) is 123 Å². The number of hydrogen-bond acceptors (Lipinski definition) is 23. The number of aromatic nitrogens is 5. The van der Waals surface area contributed by atoms with Gasteiger partial charge in [-0.1, -0.05) is 140 Å². The fraction of sp³-hybridized carbons (Fsp3) is 0.301. The van der Waals surface area contributed by atoms with Crippen molar-refractivity contribution >= 4 is 75.2 Å². The summed E-state index contributed by atoms with van der Waals surface area (Å²) in [6, 6.07) is 69.8. The minimum absolute atomic E-state index is 0.0179. The van der Waals surface area contributed by atoms with E-state index >= 15 is 0 Å². The number of amides is 1. The van der Waals surface area contributed by atoms with Gasteiger partial charge in [-0.15, -0.1) is 11.8 Å². The second-order valence-corrected chi connectivity index (χ2v) is 37.5. The van der Waals surface area contributed by atoms with Gasteiger partial charge in [-0.05, 0) is 204 Å². The first-order valence-electron chi connectivity index (χ1n) is 47.9. The number of aromatic hydroxyl groups is 2. The number of fused-ring (bicyclic) bond motifs is 8. The van der Waals surface area contributed by atoms with Crippen LogP contribution in [0.4, 0.5) is 17.2 Å². The van der Waals surface area contributed by atoms with Gasteiger partial charge in [0, 0.05) is 195 Å². The Morgan fingerprint density at radius 2 is 1.35 bits per heavy atom. The molecule has 3 aliphatic carbocycles. The SMILES string of the molecule is CC(=O)c1cc(-n2c(C)ccc2C)ccc1O.CC1C=CC=C2N=C(c3ccccn3)C(Nc3ccc4c(c3)OCO4)N21.CCCN1CCN(C(=O)c2nn(C)c3c2CSc2ccccc2-3)CC1.CN(C)c1ccc(CC(=O)C2CC=CCC2C(=O)O)cc1.COc1cc2c3c(c1O)-c1c(cccc1OC)CC3N(C)CC2.O=C1C(c2ccccc2)=C(N2CCN(c3ccccn3)CC2)c2ccccc21. The number of phenols is 2. The summed E-state index contributed by atoms with van der Waals surface area (Å²) in [6.45, 7) is 19.3. The van der Waals surface area contributed by atoms with Crippen molar-refractivity contribution in [2.24, 2.45) is 23.9 Å². The van der Waals surface area contributed by atoms with Gasteiger partial charge in [-0.2, -0.15) is 5.10 Å². The van der Waals surface area contributed by atoms with Crippen LogP contribution in [0.15, 0.2) is 271 Å². The Labute approximate surface area is 822 Å². The summed E-state index contributed by atoms with van der Waals surface area (Å²) in [6.07, 6.45) is 17.9. The highest BCUT2D eigenvalue weighted by molar-refractivity contribution is 7.98. The molecule has 12 aromatic rings. The molecule has 1 amide bonds. The lowest BCUT2D eigenvalue weighted by Crippen LogP contribution is -2.49. The third-order valence-corrected chi connectivity index (χ3v) is 28.5. The molecule has 10 aliphatic rings. The minimum atomic E-state index is -0.874. The van der Waals surface area contributed by atoms with E-state index in [4.69, 9.17) is 23.9 Å². The number of phenolic OH excluding ortho intramolecular Hbond substituents is 2. The van der Waals surface area contributed by atoms with E-state index in [-0.39, 0.29) is 53.8 Å². The van der Waals surface area contributed by atoms with Crippen LogP contribution >= 0.6 is 11.8 Å². The van der Waals surface area contributed by atoms with Gasteiger partial charge >= 0.3 is 5.97 Å². The molecule has 0 saturated carbocycles. The number of hydrogen-bond donors (Lipinski definition) is 4.